The Hall–Kier alpha value is -0.961. The minimum absolute atomic E-state index is 0.258. The van der Waals surface area contributed by atoms with E-state index in [9.17, 15) is 3.08 Å². The summed E-state index contributed by atoms with van der Waals surface area (Å²) in [5.74, 6) is 0. The predicted octanol–water partition coefficient (Wildman–Crippen LogP) is 3.00. The Balaban J connectivity index is 2.53. The van der Waals surface area contributed by atoms with Gasteiger partial charge in [0.25, 0.3) is 0 Å². The van der Waals surface area contributed by atoms with Gasteiger partial charge in [-0.05, 0) is 0 Å². The van der Waals surface area contributed by atoms with Crippen molar-refractivity contribution in [1.82, 2.24) is 0 Å². The van der Waals surface area contributed by atoms with Crippen molar-refractivity contribution in [3.63, 3.8) is 0 Å². The molecular weight excluding hydrogens is 303 g/mol. The molecule has 1 radical (unpaired) electrons. The van der Waals surface area contributed by atoms with Crippen molar-refractivity contribution in [3.8, 4) is 0 Å². The molecule has 0 heterocycles. The first-order valence-electron chi connectivity index (χ1n) is 5.28. The quantitative estimate of drug-likeness (QED) is 0.796. The van der Waals surface area contributed by atoms with Gasteiger partial charge in [0.1, 0.15) is 0 Å². The molecule has 1 nitrogen and oxygen atoms in total. The van der Waals surface area contributed by atoms with Crippen LogP contribution in [0.2, 0.25) is 0 Å². The van der Waals surface area contributed by atoms with Crippen LogP contribution in [0.3, 0.4) is 0 Å². The van der Waals surface area contributed by atoms with Gasteiger partial charge in [-0.3, -0.25) is 0 Å². The Bertz CT molecular complexity index is 425. The second kappa shape index (κ2) is 4.91. The summed E-state index contributed by atoms with van der Waals surface area (Å²) in [6.45, 7) is 2.08. The van der Waals surface area contributed by atoms with E-state index < -0.39 is 21.1 Å². The molecular formula is C14H13OSn. The third-order valence-electron chi connectivity index (χ3n) is 2.91. The van der Waals surface area contributed by atoms with Crippen LogP contribution in [0.4, 0.5) is 0 Å². The summed E-state index contributed by atoms with van der Waals surface area (Å²) in [5.41, 5.74) is 2.31. The van der Waals surface area contributed by atoms with Crippen molar-refractivity contribution in [2.75, 3.05) is 0 Å². The van der Waals surface area contributed by atoms with Gasteiger partial charge in [-0.1, -0.05) is 0 Å². The predicted molar refractivity (Wildman–Crippen MR) is 65.8 cm³/mol. The SMILES string of the molecule is C[C]([Sn]=[O])(c1ccccc1)c1ccccc1. The van der Waals surface area contributed by atoms with E-state index in [1.807, 2.05) is 36.4 Å². The van der Waals surface area contributed by atoms with E-state index in [2.05, 4.69) is 31.2 Å². The topological polar surface area (TPSA) is 17.1 Å². The molecule has 0 aliphatic rings. The molecule has 0 fully saturated rings. The van der Waals surface area contributed by atoms with Crippen LogP contribution in [0.15, 0.2) is 60.7 Å². The van der Waals surface area contributed by atoms with Crippen LogP contribution in [0.5, 0.6) is 0 Å². The summed E-state index contributed by atoms with van der Waals surface area (Å²) in [4.78, 5) is 0. The Morgan fingerprint density at radius 2 is 1.19 bits per heavy atom. The molecule has 2 aromatic rings. The van der Waals surface area contributed by atoms with E-state index >= 15 is 0 Å². The Labute approximate surface area is 106 Å². The third-order valence-corrected chi connectivity index (χ3v) is 5.72. The van der Waals surface area contributed by atoms with Crippen molar-refractivity contribution in [1.29, 1.82) is 0 Å². The van der Waals surface area contributed by atoms with Gasteiger partial charge in [-0.25, -0.2) is 0 Å². The van der Waals surface area contributed by atoms with Gasteiger partial charge in [0.15, 0.2) is 0 Å². The fourth-order valence-corrected chi connectivity index (χ4v) is 3.45. The first-order valence-corrected chi connectivity index (χ1v) is 7.87. The van der Waals surface area contributed by atoms with E-state index in [0.717, 1.165) is 11.1 Å². The van der Waals surface area contributed by atoms with Crippen LogP contribution in [-0.2, 0) is 6.51 Å². The standard InChI is InChI=1S/C14H13.O.Sn/c1-12(13-8-4-2-5-9-13)14-10-6-3-7-11-14;;/h2-11H,1H3;;. The second-order valence-corrected chi connectivity index (χ2v) is 7.40. The second-order valence-electron chi connectivity index (χ2n) is 3.96. The first kappa shape index (κ1) is 11.5. The summed E-state index contributed by atoms with van der Waals surface area (Å²) in [6.07, 6.45) is 0. The van der Waals surface area contributed by atoms with Crippen molar-refractivity contribution < 1.29 is 3.08 Å². The molecule has 0 aliphatic carbocycles. The summed E-state index contributed by atoms with van der Waals surface area (Å²) < 4.78 is 11.5. The Morgan fingerprint density at radius 1 is 0.812 bits per heavy atom. The van der Waals surface area contributed by atoms with Crippen molar-refractivity contribution in [2.45, 2.75) is 10.4 Å². The van der Waals surface area contributed by atoms with E-state index in [1.165, 1.54) is 0 Å². The van der Waals surface area contributed by atoms with E-state index in [-0.39, 0.29) is 3.43 Å². The average Bonchev–Trinajstić information content (AvgIpc) is 2.40. The maximum absolute atomic E-state index is 11.7. The van der Waals surface area contributed by atoms with Crippen LogP contribution in [0.25, 0.3) is 0 Å². The molecule has 79 valence electrons. The molecule has 0 spiro atoms. The summed E-state index contributed by atoms with van der Waals surface area (Å²) in [7, 11) is 0. The van der Waals surface area contributed by atoms with Gasteiger partial charge in [-0.2, -0.15) is 0 Å². The number of hydrogen-bond acceptors (Lipinski definition) is 1. The zero-order valence-corrected chi connectivity index (χ0v) is 12.0. The fourth-order valence-electron chi connectivity index (χ4n) is 1.83. The van der Waals surface area contributed by atoms with Gasteiger partial charge in [-0.15, -0.1) is 0 Å². The molecule has 2 rings (SSSR count). The molecule has 16 heavy (non-hydrogen) atoms. The van der Waals surface area contributed by atoms with Crippen molar-refractivity contribution >= 4 is 21.1 Å². The molecule has 0 atom stereocenters. The summed E-state index contributed by atoms with van der Waals surface area (Å²) in [6, 6.07) is 20.2. The number of rotatable bonds is 3. The Kier molecular flexibility index (Phi) is 3.54. The molecule has 0 bridgehead atoms. The summed E-state index contributed by atoms with van der Waals surface area (Å²) in [5, 5.41) is 0. The maximum atomic E-state index is 11.7. The third kappa shape index (κ3) is 2.09. The normalized spacial score (nSPS) is 11.1. The van der Waals surface area contributed by atoms with Crippen LogP contribution >= 0.6 is 0 Å². The molecule has 0 amide bonds. The molecule has 0 aromatic heterocycles. The molecule has 0 unspecified atom stereocenters. The zero-order chi connectivity index (χ0) is 11.4. The monoisotopic (exact) mass is 317 g/mol. The van der Waals surface area contributed by atoms with E-state index in [0.29, 0.717) is 0 Å². The fraction of sp³-hybridized carbons (Fsp3) is 0.143. The van der Waals surface area contributed by atoms with Gasteiger partial charge in [0, 0.05) is 0 Å². The minimum atomic E-state index is -1.70. The van der Waals surface area contributed by atoms with Gasteiger partial charge < -0.3 is 0 Å². The van der Waals surface area contributed by atoms with Crippen LogP contribution in [0.1, 0.15) is 18.1 Å². The molecule has 0 saturated carbocycles. The summed E-state index contributed by atoms with van der Waals surface area (Å²) >= 11 is -1.70. The van der Waals surface area contributed by atoms with E-state index in [1.54, 1.807) is 0 Å². The zero-order valence-electron chi connectivity index (χ0n) is 9.18. The molecule has 0 N–H and O–H groups in total. The molecule has 2 aromatic carbocycles. The van der Waals surface area contributed by atoms with E-state index in [4.69, 9.17) is 0 Å². The number of benzene rings is 2. The molecule has 2 heteroatoms. The average molecular weight is 316 g/mol. The van der Waals surface area contributed by atoms with Crippen LogP contribution < -0.4 is 0 Å². The van der Waals surface area contributed by atoms with Gasteiger partial charge in [0.2, 0.25) is 0 Å². The Morgan fingerprint density at radius 3 is 1.50 bits per heavy atom. The van der Waals surface area contributed by atoms with Crippen LogP contribution in [-0.4, -0.2) is 21.1 Å². The molecule has 0 aliphatic heterocycles. The first-order chi connectivity index (χ1) is 7.77. The van der Waals surface area contributed by atoms with Crippen molar-refractivity contribution in [2.24, 2.45) is 0 Å². The molecule has 0 saturated heterocycles. The number of hydrogen-bond donors (Lipinski definition) is 0. The van der Waals surface area contributed by atoms with Gasteiger partial charge >= 0.3 is 106 Å². The van der Waals surface area contributed by atoms with Crippen LogP contribution in [0, 0.1) is 0 Å². The van der Waals surface area contributed by atoms with Gasteiger partial charge in [0.05, 0.1) is 0 Å². The van der Waals surface area contributed by atoms with Crippen molar-refractivity contribution in [3.05, 3.63) is 71.8 Å².